The number of fused-ring (bicyclic) bond motifs is 1. The van der Waals surface area contributed by atoms with E-state index in [0.717, 1.165) is 42.8 Å². The Bertz CT molecular complexity index is 822. The summed E-state index contributed by atoms with van der Waals surface area (Å²) in [5, 5.41) is 1.22. The molecular formula is C21H26N2O2. The molecule has 3 aromatic rings. The van der Waals surface area contributed by atoms with Crippen molar-refractivity contribution < 1.29 is 9.47 Å². The molecule has 0 unspecified atom stereocenters. The van der Waals surface area contributed by atoms with Crippen LogP contribution in [0, 0.1) is 0 Å². The molecule has 132 valence electrons. The smallest absolute Gasteiger partial charge is 0.119 e. The Morgan fingerprint density at radius 1 is 1.00 bits per heavy atom. The molecule has 4 heteroatoms. The standard InChI is InChI=1S/C21H26N2O2/c1-3-25-16-9-7-15(8-10-16)21-18(6-4-5-13-22)19-14-17(24-2)11-12-20(19)23-21/h7-12,14,23H,3-6,13,22H2,1-2H3. The molecule has 0 bridgehead atoms. The first-order valence-corrected chi connectivity index (χ1v) is 8.88. The summed E-state index contributed by atoms with van der Waals surface area (Å²) >= 11 is 0. The van der Waals surface area contributed by atoms with Gasteiger partial charge in [-0.3, -0.25) is 0 Å². The molecular weight excluding hydrogens is 312 g/mol. The average Bonchev–Trinajstić information content (AvgIpc) is 3.00. The summed E-state index contributed by atoms with van der Waals surface area (Å²) in [4.78, 5) is 3.58. The van der Waals surface area contributed by atoms with Gasteiger partial charge in [-0.15, -0.1) is 0 Å². The summed E-state index contributed by atoms with van der Waals surface area (Å²) in [6.07, 6.45) is 3.09. The Morgan fingerprint density at radius 2 is 1.76 bits per heavy atom. The van der Waals surface area contributed by atoms with Gasteiger partial charge in [0.25, 0.3) is 0 Å². The number of H-pyrrole nitrogens is 1. The monoisotopic (exact) mass is 338 g/mol. The number of ether oxygens (including phenoxy) is 2. The van der Waals surface area contributed by atoms with Crippen LogP contribution in [0.1, 0.15) is 25.3 Å². The van der Waals surface area contributed by atoms with E-state index in [1.165, 1.54) is 22.2 Å². The van der Waals surface area contributed by atoms with Gasteiger partial charge in [0.2, 0.25) is 0 Å². The van der Waals surface area contributed by atoms with E-state index >= 15 is 0 Å². The summed E-state index contributed by atoms with van der Waals surface area (Å²) in [6, 6.07) is 14.5. The van der Waals surface area contributed by atoms with Crippen molar-refractivity contribution in [3.05, 3.63) is 48.0 Å². The maximum Gasteiger partial charge on any atom is 0.119 e. The van der Waals surface area contributed by atoms with E-state index in [4.69, 9.17) is 15.2 Å². The Labute approximate surface area is 149 Å². The van der Waals surface area contributed by atoms with Gasteiger partial charge in [0.05, 0.1) is 13.7 Å². The molecule has 0 spiro atoms. The normalized spacial score (nSPS) is 11.0. The molecule has 1 aromatic heterocycles. The summed E-state index contributed by atoms with van der Waals surface area (Å²) < 4.78 is 11.0. The molecule has 3 rings (SSSR count). The molecule has 0 atom stereocenters. The molecule has 0 amide bonds. The second-order valence-electron chi connectivity index (χ2n) is 6.09. The number of aryl methyl sites for hydroxylation is 1. The number of methoxy groups -OCH3 is 1. The van der Waals surface area contributed by atoms with Gasteiger partial charge in [-0.05, 0) is 86.3 Å². The van der Waals surface area contributed by atoms with Crippen molar-refractivity contribution in [3.63, 3.8) is 0 Å². The molecule has 0 saturated heterocycles. The lowest BCUT2D eigenvalue weighted by atomic mass is 10.00. The molecule has 25 heavy (non-hydrogen) atoms. The van der Waals surface area contributed by atoms with Crippen LogP contribution in [0.3, 0.4) is 0 Å². The van der Waals surface area contributed by atoms with Crippen LogP contribution in [0.2, 0.25) is 0 Å². The number of aromatic nitrogens is 1. The summed E-state index contributed by atoms with van der Waals surface area (Å²) in [6.45, 7) is 3.40. The molecule has 0 aliphatic heterocycles. The van der Waals surface area contributed by atoms with Crippen molar-refractivity contribution in [3.8, 4) is 22.8 Å². The molecule has 0 aliphatic rings. The minimum absolute atomic E-state index is 0.676. The van der Waals surface area contributed by atoms with Gasteiger partial charge in [-0.1, -0.05) is 0 Å². The predicted molar refractivity (Wildman–Crippen MR) is 103 cm³/mol. The molecule has 3 N–H and O–H groups in total. The lowest BCUT2D eigenvalue weighted by Crippen LogP contribution is -1.99. The van der Waals surface area contributed by atoms with E-state index in [1.54, 1.807) is 7.11 Å². The van der Waals surface area contributed by atoms with Gasteiger partial charge < -0.3 is 20.2 Å². The van der Waals surface area contributed by atoms with E-state index < -0.39 is 0 Å². The van der Waals surface area contributed by atoms with E-state index in [-0.39, 0.29) is 0 Å². The van der Waals surface area contributed by atoms with Crippen LogP contribution in [0.15, 0.2) is 42.5 Å². The zero-order chi connectivity index (χ0) is 17.6. The first-order chi connectivity index (χ1) is 12.3. The van der Waals surface area contributed by atoms with Gasteiger partial charge >= 0.3 is 0 Å². The van der Waals surface area contributed by atoms with Gasteiger partial charge in [0, 0.05) is 16.6 Å². The second-order valence-corrected chi connectivity index (χ2v) is 6.09. The highest BCUT2D eigenvalue weighted by molar-refractivity contribution is 5.91. The van der Waals surface area contributed by atoms with E-state index in [9.17, 15) is 0 Å². The number of nitrogens with one attached hydrogen (secondary N) is 1. The van der Waals surface area contributed by atoms with Crippen molar-refractivity contribution in [1.82, 2.24) is 4.98 Å². The van der Waals surface area contributed by atoms with Crippen LogP contribution < -0.4 is 15.2 Å². The highest BCUT2D eigenvalue weighted by Gasteiger charge is 2.14. The summed E-state index contributed by atoms with van der Waals surface area (Å²) in [5.74, 6) is 1.78. The van der Waals surface area contributed by atoms with Crippen molar-refractivity contribution in [2.45, 2.75) is 26.2 Å². The molecule has 0 aliphatic carbocycles. The van der Waals surface area contributed by atoms with Crippen LogP contribution in [0.5, 0.6) is 11.5 Å². The molecule has 2 aromatic carbocycles. The van der Waals surface area contributed by atoms with Crippen LogP contribution >= 0.6 is 0 Å². The predicted octanol–water partition coefficient (Wildman–Crippen LogP) is 4.52. The van der Waals surface area contributed by atoms with Crippen molar-refractivity contribution in [2.24, 2.45) is 5.73 Å². The van der Waals surface area contributed by atoms with Gasteiger partial charge in [-0.25, -0.2) is 0 Å². The van der Waals surface area contributed by atoms with Gasteiger partial charge in [-0.2, -0.15) is 0 Å². The van der Waals surface area contributed by atoms with Crippen LogP contribution in [-0.2, 0) is 6.42 Å². The van der Waals surface area contributed by atoms with Gasteiger partial charge in [0.1, 0.15) is 11.5 Å². The van der Waals surface area contributed by atoms with Crippen LogP contribution in [0.25, 0.3) is 22.2 Å². The highest BCUT2D eigenvalue weighted by Crippen LogP contribution is 2.34. The number of benzene rings is 2. The summed E-state index contributed by atoms with van der Waals surface area (Å²) in [5.41, 5.74) is 10.5. The van der Waals surface area contributed by atoms with Gasteiger partial charge in [0.15, 0.2) is 0 Å². The molecule has 0 fully saturated rings. The van der Waals surface area contributed by atoms with Crippen LogP contribution in [0.4, 0.5) is 0 Å². The number of unbranched alkanes of at least 4 members (excludes halogenated alkanes) is 1. The second kappa shape index (κ2) is 8.08. The number of aromatic amines is 1. The minimum Gasteiger partial charge on any atom is -0.497 e. The molecule has 4 nitrogen and oxygen atoms in total. The maximum absolute atomic E-state index is 5.68. The van der Waals surface area contributed by atoms with Crippen molar-refractivity contribution >= 4 is 10.9 Å². The lowest BCUT2D eigenvalue weighted by molar-refractivity contribution is 0.340. The third-order valence-corrected chi connectivity index (χ3v) is 4.45. The lowest BCUT2D eigenvalue weighted by Gasteiger charge is -2.07. The Hall–Kier alpha value is -2.46. The van der Waals surface area contributed by atoms with Crippen molar-refractivity contribution in [2.75, 3.05) is 20.3 Å². The average molecular weight is 338 g/mol. The number of hydrogen-bond donors (Lipinski definition) is 2. The van der Waals surface area contributed by atoms with E-state index in [0.29, 0.717) is 6.61 Å². The fourth-order valence-electron chi connectivity index (χ4n) is 3.19. The van der Waals surface area contributed by atoms with Crippen LogP contribution in [-0.4, -0.2) is 25.2 Å². The molecule has 1 heterocycles. The van der Waals surface area contributed by atoms with Crippen molar-refractivity contribution in [1.29, 1.82) is 0 Å². The first-order valence-electron chi connectivity index (χ1n) is 8.88. The fourth-order valence-corrected chi connectivity index (χ4v) is 3.19. The molecule has 0 radical (unpaired) electrons. The largest absolute Gasteiger partial charge is 0.497 e. The third kappa shape index (κ3) is 3.80. The number of rotatable bonds is 8. The topological polar surface area (TPSA) is 60.3 Å². The zero-order valence-electron chi connectivity index (χ0n) is 15.0. The minimum atomic E-state index is 0.676. The maximum atomic E-state index is 5.68. The number of hydrogen-bond acceptors (Lipinski definition) is 3. The summed E-state index contributed by atoms with van der Waals surface area (Å²) in [7, 11) is 1.70. The number of nitrogens with two attached hydrogens (primary N) is 1. The van der Waals surface area contributed by atoms with E-state index in [1.807, 2.05) is 25.1 Å². The Balaban J connectivity index is 2.03. The first kappa shape index (κ1) is 17.4. The Morgan fingerprint density at radius 3 is 2.44 bits per heavy atom. The Kier molecular flexibility index (Phi) is 5.61. The SMILES string of the molecule is CCOc1ccc(-c2[nH]c3ccc(OC)cc3c2CCCCN)cc1. The quantitative estimate of drug-likeness (QED) is 0.594. The molecule has 0 saturated carbocycles. The zero-order valence-corrected chi connectivity index (χ0v) is 15.0. The fraction of sp³-hybridized carbons (Fsp3) is 0.333. The van der Waals surface area contributed by atoms with E-state index in [2.05, 4.69) is 29.2 Å². The highest BCUT2D eigenvalue weighted by atomic mass is 16.5. The third-order valence-electron chi connectivity index (χ3n) is 4.45.